The average Bonchev–Trinajstić information content (AvgIpc) is 2.59. The maximum atomic E-state index is 11.6. The second-order valence-corrected chi connectivity index (χ2v) is 6.92. The number of hydrogen-bond acceptors (Lipinski definition) is 6. The van der Waals surface area contributed by atoms with Gasteiger partial charge in [-0.3, -0.25) is 14.9 Å². The molecule has 0 amide bonds. The number of aldehydes is 1. The van der Waals surface area contributed by atoms with Crippen molar-refractivity contribution in [3.05, 3.63) is 33.9 Å². The molecule has 0 spiro atoms. The molecule has 0 aliphatic carbocycles. The van der Waals surface area contributed by atoms with Crippen LogP contribution in [0.25, 0.3) is 0 Å². The van der Waals surface area contributed by atoms with Gasteiger partial charge in [-0.25, -0.2) is 8.42 Å². The van der Waals surface area contributed by atoms with Gasteiger partial charge in [-0.2, -0.15) is 0 Å². The molecule has 0 aromatic heterocycles. The summed E-state index contributed by atoms with van der Waals surface area (Å²) >= 11 is 0. The Morgan fingerprint density at radius 2 is 2.00 bits per heavy atom. The summed E-state index contributed by atoms with van der Waals surface area (Å²) < 4.78 is 23.1. The number of carbonyl (C=O) groups is 1. The van der Waals surface area contributed by atoms with Crippen LogP contribution < -0.4 is 4.90 Å². The van der Waals surface area contributed by atoms with Crippen LogP contribution in [0.1, 0.15) is 16.8 Å². The lowest BCUT2D eigenvalue weighted by Crippen LogP contribution is -2.27. The molecule has 0 radical (unpaired) electrons. The second-order valence-electron chi connectivity index (χ2n) is 4.62. The van der Waals surface area contributed by atoms with E-state index in [2.05, 4.69) is 0 Å². The Bertz CT molecular complexity index is 641. The monoisotopic (exact) mass is 298 g/mol. The third-order valence-corrected chi connectivity index (χ3v) is 4.94. The lowest BCUT2D eigenvalue weighted by atomic mass is 10.1. The number of carbonyl (C=O) groups excluding carboxylic acids is 1. The number of benzene rings is 1. The fourth-order valence-corrected chi connectivity index (χ4v) is 3.48. The molecule has 0 N–H and O–H groups in total. The Morgan fingerprint density at radius 1 is 1.25 bits per heavy atom. The molecule has 1 aromatic rings. The second kappa shape index (κ2) is 5.58. The summed E-state index contributed by atoms with van der Waals surface area (Å²) in [5.41, 5.74) is 0.412. The molecule has 1 saturated heterocycles. The van der Waals surface area contributed by atoms with Gasteiger partial charge in [0.1, 0.15) is 12.0 Å². The fraction of sp³-hybridized carbons (Fsp3) is 0.417. The van der Waals surface area contributed by atoms with Crippen LogP contribution in [0.4, 0.5) is 11.4 Å². The lowest BCUT2D eigenvalue weighted by Gasteiger charge is -2.21. The minimum Gasteiger partial charge on any atom is -0.365 e. The van der Waals surface area contributed by atoms with Crippen LogP contribution in [0, 0.1) is 10.1 Å². The van der Waals surface area contributed by atoms with Crippen LogP contribution in [0.2, 0.25) is 0 Å². The van der Waals surface area contributed by atoms with Crippen LogP contribution in [-0.2, 0) is 9.84 Å². The first kappa shape index (κ1) is 14.4. The van der Waals surface area contributed by atoms with Crippen LogP contribution in [-0.4, -0.2) is 44.2 Å². The topological polar surface area (TPSA) is 97.6 Å². The summed E-state index contributed by atoms with van der Waals surface area (Å²) in [6, 6.07) is 4.20. The number of nitro groups is 1. The van der Waals surface area contributed by atoms with E-state index in [-0.39, 0.29) is 29.3 Å². The molecule has 1 aliphatic rings. The molecule has 0 saturated carbocycles. The van der Waals surface area contributed by atoms with Gasteiger partial charge in [0.2, 0.25) is 0 Å². The van der Waals surface area contributed by atoms with Gasteiger partial charge < -0.3 is 4.90 Å². The predicted octanol–water partition coefficient (Wildman–Crippen LogP) is 1.03. The van der Waals surface area contributed by atoms with Crippen molar-refractivity contribution in [2.45, 2.75) is 6.42 Å². The minimum absolute atomic E-state index is 0.0143. The van der Waals surface area contributed by atoms with E-state index in [4.69, 9.17) is 0 Å². The third kappa shape index (κ3) is 3.13. The Labute approximate surface area is 116 Å². The van der Waals surface area contributed by atoms with Crippen molar-refractivity contribution in [3.63, 3.8) is 0 Å². The smallest absolute Gasteiger partial charge is 0.293 e. The summed E-state index contributed by atoms with van der Waals surface area (Å²) in [7, 11) is -3.07. The summed E-state index contributed by atoms with van der Waals surface area (Å²) in [6.07, 6.45) is 0.985. The van der Waals surface area contributed by atoms with E-state index in [1.54, 1.807) is 4.90 Å². The van der Waals surface area contributed by atoms with Crippen molar-refractivity contribution >= 4 is 27.5 Å². The van der Waals surface area contributed by atoms with E-state index in [0.717, 1.165) is 0 Å². The highest BCUT2D eigenvalue weighted by Gasteiger charge is 2.24. The van der Waals surface area contributed by atoms with Gasteiger partial charge in [0.25, 0.3) is 5.69 Å². The molecule has 108 valence electrons. The zero-order valence-electron chi connectivity index (χ0n) is 10.7. The normalized spacial score (nSPS) is 18.3. The third-order valence-electron chi connectivity index (χ3n) is 3.23. The first-order valence-corrected chi connectivity index (χ1v) is 7.94. The Balaban J connectivity index is 2.36. The summed E-state index contributed by atoms with van der Waals surface area (Å²) in [5, 5.41) is 11.1. The Morgan fingerprint density at radius 3 is 2.65 bits per heavy atom. The SMILES string of the molecule is O=Cc1ccc(N2CCCS(=O)(=O)CC2)c([N+](=O)[O-])c1. The van der Waals surface area contributed by atoms with Gasteiger partial charge in [-0.05, 0) is 18.6 Å². The van der Waals surface area contributed by atoms with Crippen LogP contribution >= 0.6 is 0 Å². The largest absolute Gasteiger partial charge is 0.365 e. The molecule has 2 rings (SSSR count). The number of sulfone groups is 1. The van der Waals surface area contributed by atoms with E-state index in [9.17, 15) is 23.3 Å². The molecule has 1 heterocycles. The molecule has 1 aromatic carbocycles. The zero-order chi connectivity index (χ0) is 14.8. The van der Waals surface area contributed by atoms with Gasteiger partial charge in [-0.15, -0.1) is 0 Å². The molecule has 7 nitrogen and oxygen atoms in total. The maximum Gasteiger partial charge on any atom is 0.293 e. The molecule has 0 unspecified atom stereocenters. The number of nitrogens with zero attached hydrogens (tertiary/aromatic N) is 2. The van der Waals surface area contributed by atoms with Gasteiger partial charge in [0.15, 0.2) is 9.84 Å². The number of hydrogen-bond donors (Lipinski definition) is 0. The molecular weight excluding hydrogens is 284 g/mol. The highest BCUT2D eigenvalue weighted by molar-refractivity contribution is 7.91. The van der Waals surface area contributed by atoms with Gasteiger partial charge >= 0.3 is 0 Å². The standard InChI is InChI=1S/C12H14N2O5S/c15-9-10-2-3-11(12(8-10)14(16)17)13-4-1-6-20(18,19)7-5-13/h2-3,8-9H,1,4-7H2. The fourth-order valence-electron chi connectivity index (χ4n) is 2.21. The Hall–Kier alpha value is -1.96. The summed E-state index contributed by atoms with van der Waals surface area (Å²) in [4.78, 5) is 22.9. The maximum absolute atomic E-state index is 11.6. The molecule has 20 heavy (non-hydrogen) atoms. The summed E-state index contributed by atoms with van der Waals surface area (Å²) in [5.74, 6) is 0.0866. The first-order chi connectivity index (χ1) is 9.43. The highest BCUT2D eigenvalue weighted by Crippen LogP contribution is 2.29. The van der Waals surface area contributed by atoms with E-state index in [1.807, 2.05) is 0 Å². The molecule has 1 aliphatic heterocycles. The molecule has 0 bridgehead atoms. The highest BCUT2D eigenvalue weighted by atomic mass is 32.2. The van der Waals surface area contributed by atoms with Gasteiger partial charge in [-0.1, -0.05) is 0 Å². The molecule has 0 atom stereocenters. The number of anilines is 1. The van der Waals surface area contributed by atoms with Gasteiger partial charge in [0, 0.05) is 24.7 Å². The first-order valence-electron chi connectivity index (χ1n) is 6.12. The van der Waals surface area contributed by atoms with Crippen molar-refractivity contribution in [1.82, 2.24) is 0 Å². The minimum atomic E-state index is -3.07. The van der Waals surface area contributed by atoms with Gasteiger partial charge in [0.05, 0.1) is 16.4 Å². The lowest BCUT2D eigenvalue weighted by molar-refractivity contribution is -0.384. The zero-order valence-corrected chi connectivity index (χ0v) is 11.5. The Kier molecular flexibility index (Phi) is 4.03. The quantitative estimate of drug-likeness (QED) is 0.469. The van der Waals surface area contributed by atoms with Crippen molar-refractivity contribution in [1.29, 1.82) is 0 Å². The molecule has 1 fully saturated rings. The van der Waals surface area contributed by atoms with Crippen molar-refractivity contribution < 1.29 is 18.1 Å². The number of rotatable bonds is 3. The van der Waals surface area contributed by atoms with E-state index < -0.39 is 14.8 Å². The van der Waals surface area contributed by atoms with E-state index in [1.165, 1.54) is 18.2 Å². The molecular formula is C12H14N2O5S. The average molecular weight is 298 g/mol. The van der Waals surface area contributed by atoms with Crippen molar-refractivity contribution in [2.24, 2.45) is 0 Å². The molecule has 8 heteroatoms. The number of nitro benzene ring substituents is 1. The van der Waals surface area contributed by atoms with Crippen LogP contribution in [0.5, 0.6) is 0 Å². The van der Waals surface area contributed by atoms with Crippen LogP contribution in [0.3, 0.4) is 0 Å². The van der Waals surface area contributed by atoms with E-state index >= 15 is 0 Å². The summed E-state index contributed by atoms with van der Waals surface area (Å²) in [6.45, 7) is 0.671. The van der Waals surface area contributed by atoms with E-state index in [0.29, 0.717) is 24.9 Å². The predicted molar refractivity (Wildman–Crippen MR) is 74.0 cm³/mol. The van der Waals surface area contributed by atoms with Crippen molar-refractivity contribution in [2.75, 3.05) is 29.5 Å². The van der Waals surface area contributed by atoms with Crippen molar-refractivity contribution in [3.8, 4) is 0 Å². The van der Waals surface area contributed by atoms with Crippen LogP contribution in [0.15, 0.2) is 18.2 Å².